The number of piperidine rings is 2. The molecule has 0 amide bonds. The molecule has 4 aromatic rings. The summed E-state index contributed by atoms with van der Waals surface area (Å²) >= 11 is 3.18. The first-order valence-electron chi connectivity index (χ1n) is 16.9. The van der Waals surface area contributed by atoms with E-state index in [1.165, 1.54) is 12.8 Å². The molecule has 0 saturated carbocycles. The van der Waals surface area contributed by atoms with Gasteiger partial charge >= 0.3 is 0 Å². The first-order chi connectivity index (χ1) is 23.8. The molecule has 6 rings (SSSR count). The predicted octanol–water partition coefficient (Wildman–Crippen LogP) is 6.09. The summed E-state index contributed by atoms with van der Waals surface area (Å²) in [5, 5.41) is 19.4. The van der Waals surface area contributed by atoms with Gasteiger partial charge in [-0.05, 0) is 67.7 Å². The number of nitrogens with two attached hydrogens (primary N) is 1. The van der Waals surface area contributed by atoms with E-state index < -0.39 is 0 Å². The summed E-state index contributed by atoms with van der Waals surface area (Å²) < 4.78 is 9.84. The molecule has 0 bridgehead atoms. The third kappa shape index (κ3) is 10.3. The molecule has 2 aromatic carbocycles. The van der Waals surface area contributed by atoms with Crippen LogP contribution in [0.2, 0.25) is 0 Å². The van der Waals surface area contributed by atoms with Crippen molar-refractivity contribution in [1.82, 2.24) is 19.9 Å². The fourth-order valence-electron chi connectivity index (χ4n) is 6.85. The Morgan fingerprint density at radius 2 is 1.22 bits per heavy atom. The average molecular weight is 731 g/mol. The molecule has 2 aliphatic heterocycles. The molecular formula is C37H48BrN9O2. The van der Waals surface area contributed by atoms with Gasteiger partial charge in [0, 0.05) is 83.2 Å². The van der Waals surface area contributed by atoms with Crippen LogP contribution in [0.5, 0.6) is 0 Å². The first kappa shape index (κ1) is 37.9. The molecule has 12 heteroatoms. The van der Waals surface area contributed by atoms with Gasteiger partial charge in [0.25, 0.3) is 0 Å². The number of halogens is 1. The van der Waals surface area contributed by atoms with Crippen molar-refractivity contribution in [3.05, 3.63) is 60.2 Å². The standard InChI is InChI=1S/C19H24N4O.C15H17N5.C3H7BrO/c1-14-10-15(4-3-9-24-2)13-23(12-14)17-6-5-16(11-20)18-19(17)22-8-7-21-18;1-10-6-12(17)9-20(8-10)13-3-2-11(7-16)14-15(13)19-5-4-18-14;1-5-3-2-4/h5-8,14-15H,3-4,9-10,12-13H2,1-2H3;2-5,10,12H,6,8-9,17H2,1H3;2-3H2,1H3. The molecule has 2 saturated heterocycles. The number of fused-ring (bicyclic) bond motifs is 2. The lowest BCUT2D eigenvalue weighted by Crippen LogP contribution is -2.46. The topological polar surface area (TPSA) is 150 Å². The van der Waals surface area contributed by atoms with Crippen molar-refractivity contribution in [2.24, 2.45) is 23.5 Å². The first-order valence-corrected chi connectivity index (χ1v) is 18.0. The molecule has 4 unspecified atom stereocenters. The highest BCUT2D eigenvalue weighted by Crippen LogP contribution is 2.33. The minimum Gasteiger partial charge on any atom is -0.385 e. The van der Waals surface area contributed by atoms with E-state index in [1.807, 2.05) is 24.3 Å². The zero-order valence-electron chi connectivity index (χ0n) is 29.1. The number of benzene rings is 2. The van der Waals surface area contributed by atoms with Gasteiger partial charge in [-0.1, -0.05) is 29.8 Å². The van der Waals surface area contributed by atoms with Crippen LogP contribution in [0.4, 0.5) is 11.4 Å². The van der Waals surface area contributed by atoms with Gasteiger partial charge in [0.2, 0.25) is 0 Å². The monoisotopic (exact) mass is 729 g/mol. The predicted molar refractivity (Wildman–Crippen MR) is 199 cm³/mol. The van der Waals surface area contributed by atoms with Crippen LogP contribution in [0.1, 0.15) is 50.7 Å². The number of hydrogen-bond acceptors (Lipinski definition) is 11. The van der Waals surface area contributed by atoms with Crippen LogP contribution < -0.4 is 15.5 Å². The fraction of sp³-hybridized carbons (Fsp3) is 0.514. The van der Waals surface area contributed by atoms with Crippen molar-refractivity contribution in [2.45, 2.75) is 45.6 Å². The normalized spacial score (nSPS) is 20.4. The maximum Gasteiger partial charge on any atom is 0.113 e. The van der Waals surface area contributed by atoms with Crippen LogP contribution >= 0.6 is 15.9 Å². The summed E-state index contributed by atoms with van der Waals surface area (Å²) in [7, 11) is 3.44. The van der Waals surface area contributed by atoms with Crippen LogP contribution in [0.25, 0.3) is 22.1 Å². The molecule has 2 aliphatic rings. The summed E-state index contributed by atoms with van der Waals surface area (Å²) in [5.41, 5.74) is 12.4. The highest BCUT2D eigenvalue weighted by atomic mass is 79.9. The van der Waals surface area contributed by atoms with E-state index in [0.717, 1.165) is 80.0 Å². The van der Waals surface area contributed by atoms with E-state index >= 15 is 0 Å². The van der Waals surface area contributed by atoms with Gasteiger partial charge in [0.05, 0.1) is 29.1 Å². The van der Waals surface area contributed by atoms with Gasteiger partial charge in [0.1, 0.15) is 34.2 Å². The molecule has 0 radical (unpaired) electrons. The summed E-state index contributed by atoms with van der Waals surface area (Å²) in [5.74, 6) is 1.88. The molecule has 2 fully saturated rings. The number of anilines is 2. The smallest absolute Gasteiger partial charge is 0.113 e. The number of aromatic nitrogens is 4. The van der Waals surface area contributed by atoms with Gasteiger partial charge in [-0.2, -0.15) is 10.5 Å². The fourth-order valence-corrected chi connectivity index (χ4v) is 7.18. The van der Waals surface area contributed by atoms with Crippen molar-refractivity contribution < 1.29 is 9.47 Å². The average Bonchev–Trinajstić information content (AvgIpc) is 3.11. The van der Waals surface area contributed by atoms with E-state index in [1.54, 1.807) is 39.0 Å². The number of ether oxygens (including phenoxy) is 2. The maximum absolute atomic E-state index is 9.30. The van der Waals surface area contributed by atoms with Crippen LogP contribution in [-0.4, -0.2) is 84.9 Å². The molecule has 0 spiro atoms. The minimum atomic E-state index is 0.182. The Morgan fingerprint density at radius 1 is 0.735 bits per heavy atom. The third-order valence-electron chi connectivity index (χ3n) is 8.81. The third-order valence-corrected chi connectivity index (χ3v) is 9.13. The van der Waals surface area contributed by atoms with Gasteiger partial charge in [0.15, 0.2) is 0 Å². The Morgan fingerprint density at radius 3 is 1.67 bits per heavy atom. The molecule has 49 heavy (non-hydrogen) atoms. The van der Waals surface area contributed by atoms with Crippen molar-refractivity contribution in [3.63, 3.8) is 0 Å². The highest BCUT2D eigenvalue weighted by Gasteiger charge is 2.27. The molecule has 2 N–H and O–H groups in total. The van der Waals surface area contributed by atoms with E-state index in [4.69, 9.17) is 15.7 Å². The number of methoxy groups -OCH3 is 2. The zero-order valence-corrected chi connectivity index (χ0v) is 30.6. The zero-order chi connectivity index (χ0) is 35.2. The molecule has 260 valence electrons. The lowest BCUT2D eigenvalue weighted by atomic mass is 9.87. The molecule has 4 heterocycles. The largest absolute Gasteiger partial charge is 0.385 e. The molecular weight excluding hydrogens is 682 g/mol. The second-order valence-electron chi connectivity index (χ2n) is 12.9. The van der Waals surface area contributed by atoms with Crippen LogP contribution in [0, 0.1) is 40.4 Å². The number of hydrogen-bond donors (Lipinski definition) is 1. The van der Waals surface area contributed by atoms with Crippen LogP contribution in [0.3, 0.4) is 0 Å². The second kappa shape index (κ2) is 19.3. The highest BCUT2D eigenvalue weighted by molar-refractivity contribution is 9.09. The Kier molecular flexibility index (Phi) is 14.9. The summed E-state index contributed by atoms with van der Waals surface area (Å²) in [6.45, 7) is 10.0. The summed E-state index contributed by atoms with van der Waals surface area (Å²) in [6, 6.07) is 12.2. The van der Waals surface area contributed by atoms with E-state index in [2.05, 4.69) is 76.4 Å². The quantitative estimate of drug-likeness (QED) is 0.166. The Hall–Kier alpha value is -3.94. The van der Waals surface area contributed by atoms with Gasteiger partial charge in [-0.3, -0.25) is 19.9 Å². The van der Waals surface area contributed by atoms with Gasteiger partial charge in [-0.25, -0.2) is 0 Å². The van der Waals surface area contributed by atoms with E-state index in [9.17, 15) is 5.26 Å². The SMILES string of the molecule is CC1CC(N)CN(c2ccc(C#N)c3nccnc23)C1.COCCBr.COCCCC1CC(C)CN(c2ccc(C#N)c3nccnc23)C1. The summed E-state index contributed by atoms with van der Waals surface area (Å²) in [4.78, 5) is 22.3. The minimum absolute atomic E-state index is 0.182. The Bertz CT molecular complexity index is 1710. The van der Waals surface area contributed by atoms with Gasteiger partial charge in [-0.15, -0.1) is 0 Å². The number of nitrogens with zero attached hydrogens (tertiary/aromatic N) is 8. The van der Waals surface area contributed by atoms with Crippen molar-refractivity contribution in [3.8, 4) is 12.1 Å². The van der Waals surface area contributed by atoms with E-state index in [-0.39, 0.29) is 6.04 Å². The molecule has 2 aromatic heterocycles. The number of alkyl halides is 1. The van der Waals surface area contributed by atoms with Crippen LogP contribution in [0.15, 0.2) is 49.1 Å². The van der Waals surface area contributed by atoms with E-state index in [0.29, 0.717) is 39.9 Å². The second-order valence-corrected chi connectivity index (χ2v) is 13.7. The molecule has 4 atom stereocenters. The van der Waals surface area contributed by atoms with Crippen molar-refractivity contribution in [2.75, 3.05) is 68.7 Å². The van der Waals surface area contributed by atoms with Crippen molar-refractivity contribution in [1.29, 1.82) is 10.5 Å². The Labute approximate surface area is 298 Å². The maximum atomic E-state index is 9.30. The lowest BCUT2D eigenvalue weighted by molar-refractivity contribution is 0.181. The molecule has 11 nitrogen and oxygen atoms in total. The molecule has 0 aliphatic carbocycles. The lowest BCUT2D eigenvalue weighted by Gasteiger charge is -2.38. The summed E-state index contributed by atoms with van der Waals surface area (Å²) in [6.07, 6.45) is 11.3. The van der Waals surface area contributed by atoms with Crippen LogP contribution in [-0.2, 0) is 9.47 Å². The van der Waals surface area contributed by atoms with Gasteiger partial charge < -0.3 is 25.0 Å². The number of nitriles is 2. The number of rotatable bonds is 8. The Balaban J connectivity index is 0.000000197. The van der Waals surface area contributed by atoms with Crippen molar-refractivity contribution >= 4 is 49.4 Å².